The highest BCUT2D eigenvalue weighted by molar-refractivity contribution is 4.86. The lowest BCUT2D eigenvalue weighted by molar-refractivity contribution is 0.0612. The molecule has 0 spiro atoms. The number of hydrogen-bond donors (Lipinski definition) is 0. The zero-order valence-electron chi connectivity index (χ0n) is 9.88. The molecule has 0 amide bonds. The maximum Gasteiger partial charge on any atom is 0.0146 e. The van der Waals surface area contributed by atoms with Crippen molar-refractivity contribution in [2.45, 2.75) is 59.0 Å². The Bertz CT molecular complexity index is 147. The van der Waals surface area contributed by atoms with E-state index in [-0.39, 0.29) is 0 Å². The Balaban J connectivity index is 2.55. The van der Waals surface area contributed by atoms with Crippen molar-refractivity contribution in [3.63, 3.8) is 0 Å². The number of nitrogens with zero attached hydrogens (tertiary/aromatic N) is 1. The molecule has 13 heavy (non-hydrogen) atoms. The minimum Gasteiger partial charge on any atom is -0.300 e. The summed E-state index contributed by atoms with van der Waals surface area (Å²) in [5.74, 6) is 1.78. The molecule has 1 heteroatoms. The molecule has 1 atom stereocenters. The van der Waals surface area contributed by atoms with Gasteiger partial charge in [0.1, 0.15) is 0 Å². The van der Waals surface area contributed by atoms with Crippen LogP contribution in [0.15, 0.2) is 0 Å². The van der Waals surface area contributed by atoms with E-state index >= 15 is 0 Å². The van der Waals surface area contributed by atoms with Crippen LogP contribution in [0.2, 0.25) is 0 Å². The van der Waals surface area contributed by atoms with Gasteiger partial charge in [-0.3, -0.25) is 0 Å². The zero-order chi connectivity index (χ0) is 10.0. The van der Waals surface area contributed by atoms with Crippen molar-refractivity contribution in [1.82, 2.24) is 4.90 Å². The van der Waals surface area contributed by atoms with Crippen molar-refractivity contribution in [3.8, 4) is 0 Å². The van der Waals surface area contributed by atoms with E-state index in [0.29, 0.717) is 6.04 Å². The van der Waals surface area contributed by atoms with Crippen molar-refractivity contribution >= 4 is 0 Å². The highest BCUT2D eigenvalue weighted by Crippen LogP contribution is 2.35. The largest absolute Gasteiger partial charge is 0.300 e. The monoisotopic (exact) mass is 183 g/mol. The maximum atomic E-state index is 2.56. The predicted molar refractivity (Wildman–Crippen MR) is 58.9 cm³/mol. The summed E-state index contributed by atoms with van der Waals surface area (Å²) in [5.41, 5.74) is 0. The van der Waals surface area contributed by atoms with E-state index in [1.807, 2.05) is 0 Å². The van der Waals surface area contributed by atoms with Crippen LogP contribution < -0.4 is 0 Å². The number of rotatable bonds is 4. The fourth-order valence-electron chi connectivity index (χ4n) is 2.47. The van der Waals surface area contributed by atoms with Crippen molar-refractivity contribution < 1.29 is 0 Å². The van der Waals surface area contributed by atoms with E-state index in [9.17, 15) is 0 Å². The van der Waals surface area contributed by atoms with Gasteiger partial charge in [-0.2, -0.15) is 0 Å². The Kier molecular flexibility index (Phi) is 3.78. The zero-order valence-corrected chi connectivity index (χ0v) is 9.88. The second kappa shape index (κ2) is 4.45. The lowest BCUT2D eigenvalue weighted by Gasteiger charge is -2.43. The fraction of sp³-hybridized carbons (Fsp3) is 1.00. The predicted octanol–water partition coefficient (Wildman–Crippen LogP) is 3.15. The first-order chi connectivity index (χ1) is 6.04. The molecule has 1 aliphatic rings. The van der Waals surface area contributed by atoms with Crippen LogP contribution in [0.4, 0.5) is 0 Å². The smallest absolute Gasteiger partial charge is 0.0146 e. The first-order valence-electron chi connectivity index (χ1n) is 5.76. The van der Waals surface area contributed by atoms with Crippen LogP contribution in [0.5, 0.6) is 0 Å². The first kappa shape index (κ1) is 11.0. The van der Waals surface area contributed by atoms with Crippen LogP contribution in [0, 0.1) is 11.8 Å². The summed E-state index contributed by atoms with van der Waals surface area (Å²) in [6, 6.07) is 1.50. The second-order valence-corrected chi connectivity index (χ2v) is 5.18. The summed E-state index contributed by atoms with van der Waals surface area (Å²) in [5, 5.41) is 0. The van der Waals surface area contributed by atoms with Crippen LogP contribution in [0.1, 0.15) is 47.0 Å². The van der Waals surface area contributed by atoms with Crippen LogP contribution in [-0.2, 0) is 0 Å². The summed E-state index contributed by atoms with van der Waals surface area (Å²) >= 11 is 0. The molecule has 1 nitrogen and oxygen atoms in total. The molecule has 1 fully saturated rings. The lowest BCUT2D eigenvalue weighted by Crippen LogP contribution is -2.47. The molecule has 0 bridgehead atoms. The summed E-state index contributed by atoms with van der Waals surface area (Å²) in [6.45, 7) is 9.33. The SMILES string of the molecule is CC(C)C(C1CCC1)N(C)C(C)C. The molecule has 0 aromatic rings. The summed E-state index contributed by atoms with van der Waals surface area (Å²) in [7, 11) is 2.29. The van der Waals surface area contributed by atoms with Gasteiger partial charge in [0.25, 0.3) is 0 Å². The average Bonchev–Trinajstić information content (AvgIpc) is 1.94. The van der Waals surface area contributed by atoms with E-state index in [1.54, 1.807) is 0 Å². The summed E-state index contributed by atoms with van der Waals surface area (Å²) in [6.07, 6.45) is 4.37. The molecule has 0 aliphatic heterocycles. The molecule has 0 aromatic carbocycles. The topological polar surface area (TPSA) is 3.24 Å². The summed E-state index contributed by atoms with van der Waals surface area (Å²) < 4.78 is 0. The van der Waals surface area contributed by atoms with Crippen LogP contribution in [-0.4, -0.2) is 24.0 Å². The van der Waals surface area contributed by atoms with Crippen LogP contribution in [0.3, 0.4) is 0 Å². The van der Waals surface area contributed by atoms with Gasteiger partial charge in [-0.25, -0.2) is 0 Å². The third-order valence-corrected chi connectivity index (χ3v) is 3.60. The van der Waals surface area contributed by atoms with E-state index in [0.717, 1.165) is 17.9 Å². The maximum absolute atomic E-state index is 2.56. The summed E-state index contributed by atoms with van der Waals surface area (Å²) in [4.78, 5) is 2.56. The third-order valence-electron chi connectivity index (χ3n) is 3.60. The van der Waals surface area contributed by atoms with Crippen molar-refractivity contribution in [1.29, 1.82) is 0 Å². The van der Waals surface area contributed by atoms with Gasteiger partial charge in [0.2, 0.25) is 0 Å². The van der Waals surface area contributed by atoms with Crippen LogP contribution in [0.25, 0.3) is 0 Å². The van der Waals surface area contributed by atoms with Gasteiger partial charge in [-0.15, -0.1) is 0 Å². The third kappa shape index (κ3) is 2.46. The molecule has 1 saturated carbocycles. The minimum atomic E-state index is 0.688. The molecule has 0 aromatic heterocycles. The van der Waals surface area contributed by atoms with Gasteiger partial charge in [-0.05, 0) is 45.6 Å². The Morgan fingerprint density at radius 2 is 1.62 bits per heavy atom. The molecule has 78 valence electrons. The Labute approximate surface area is 83.5 Å². The van der Waals surface area contributed by atoms with Gasteiger partial charge >= 0.3 is 0 Å². The molecule has 1 rings (SSSR count). The highest BCUT2D eigenvalue weighted by Gasteiger charge is 2.32. The van der Waals surface area contributed by atoms with Crippen molar-refractivity contribution in [2.24, 2.45) is 11.8 Å². The molecule has 1 aliphatic carbocycles. The standard InChI is InChI=1S/C12H25N/c1-9(2)12(11-7-6-8-11)13(5)10(3)4/h9-12H,6-8H2,1-5H3. The molecular formula is C12H25N. The average molecular weight is 183 g/mol. The van der Waals surface area contributed by atoms with Gasteiger partial charge < -0.3 is 4.90 Å². The van der Waals surface area contributed by atoms with Crippen LogP contribution >= 0.6 is 0 Å². The molecule has 1 unspecified atom stereocenters. The Morgan fingerprint density at radius 3 is 1.85 bits per heavy atom. The highest BCUT2D eigenvalue weighted by atomic mass is 15.2. The quantitative estimate of drug-likeness (QED) is 0.647. The fourth-order valence-corrected chi connectivity index (χ4v) is 2.47. The van der Waals surface area contributed by atoms with Crippen molar-refractivity contribution in [2.75, 3.05) is 7.05 Å². The lowest BCUT2D eigenvalue weighted by atomic mass is 9.75. The Hall–Kier alpha value is -0.0400. The van der Waals surface area contributed by atoms with Gasteiger partial charge in [0.15, 0.2) is 0 Å². The second-order valence-electron chi connectivity index (χ2n) is 5.18. The molecule has 0 saturated heterocycles. The van der Waals surface area contributed by atoms with Crippen molar-refractivity contribution in [3.05, 3.63) is 0 Å². The molecule has 0 heterocycles. The van der Waals surface area contributed by atoms with E-state index in [2.05, 4.69) is 39.6 Å². The Morgan fingerprint density at radius 1 is 1.08 bits per heavy atom. The molecule has 0 radical (unpaired) electrons. The normalized spacial score (nSPS) is 21.2. The molecular weight excluding hydrogens is 158 g/mol. The molecule has 0 N–H and O–H groups in total. The van der Waals surface area contributed by atoms with Gasteiger partial charge in [0, 0.05) is 12.1 Å². The van der Waals surface area contributed by atoms with Gasteiger partial charge in [-0.1, -0.05) is 20.3 Å². The minimum absolute atomic E-state index is 0.688. The first-order valence-corrected chi connectivity index (χ1v) is 5.76. The van der Waals surface area contributed by atoms with Gasteiger partial charge in [0.05, 0.1) is 0 Å². The van der Waals surface area contributed by atoms with E-state index in [4.69, 9.17) is 0 Å². The van der Waals surface area contributed by atoms with E-state index in [1.165, 1.54) is 19.3 Å². The number of hydrogen-bond acceptors (Lipinski definition) is 1. The van der Waals surface area contributed by atoms with E-state index < -0.39 is 0 Å².